The van der Waals surface area contributed by atoms with Crippen molar-refractivity contribution < 1.29 is 4.74 Å². The molecular weight excluding hydrogens is 224 g/mol. The van der Waals surface area contributed by atoms with Gasteiger partial charge in [0.15, 0.2) is 0 Å². The molecule has 3 nitrogen and oxygen atoms in total. The van der Waals surface area contributed by atoms with E-state index in [0.717, 1.165) is 25.0 Å². The highest BCUT2D eigenvalue weighted by Crippen LogP contribution is 2.20. The molecule has 1 unspecified atom stereocenters. The molecule has 0 spiro atoms. The summed E-state index contributed by atoms with van der Waals surface area (Å²) in [6.07, 6.45) is 5.27. The predicted octanol–water partition coefficient (Wildman–Crippen LogP) is 2.12. The van der Waals surface area contributed by atoms with Crippen LogP contribution in [0.3, 0.4) is 0 Å². The van der Waals surface area contributed by atoms with Crippen molar-refractivity contribution in [3.05, 3.63) is 0 Å². The van der Waals surface area contributed by atoms with Gasteiger partial charge in [-0.1, -0.05) is 0 Å². The fraction of sp³-hybridized carbons (Fsp3) is 1.00. The summed E-state index contributed by atoms with van der Waals surface area (Å²) in [4.78, 5) is 2.70. The molecule has 0 aliphatic carbocycles. The second kappa shape index (κ2) is 7.46. The lowest BCUT2D eigenvalue weighted by Gasteiger charge is -2.36. The van der Waals surface area contributed by atoms with Crippen LogP contribution in [0.5, 0.6) is 0 Å². The first-order chi connectivity index (χ1) is 8.75. The average Bonchev–Trinajstić information content (AvgIpc) is 2.40. The van der Waals surface area contributed by atoms with Crippen LogP contribution in [0.1, 0.15) is 39.5 Å². The summed E-state index contributed by atoms with van der Waals surface area (Å²) < 4.78 is 5.46. The van der Waals surface area contributed by atoms with Crippen LogP contribution in [-0.4, -0.2) is 50.3 Å². The van der Waals surface area contributed by atoms with Crippen LogP contribution in [0.15, 0.2) is 0 Å². The Balaban J connectivity index is 1.78. The van der Waals surface area contributed by atoms with E-state index < -0.39 is 0 Å². The maximum absolute atomic E-state index is 5.46. The maximum atomic E-state index is 5.46. The Bertz CT molecular complexity index is 201. The number of hydrogen-bond acceptors (Lipinski definition) is 3. The zero-order valence-electron chi connectivity index (χ0n) is 12.2. The van der Waals surface area contributed by atoms with Crippen molar-refractivity contribution in [3.8, 4) is 0 Å². The average molecular weight is 254 g/mol. The van der Waals surface area contributed by atoms with Crippen LogP contribution >= 0.6 is 0 Å². The lowest BCUT2D eigenvalue weighted by atomic mass is 9.95. The highest BCUT2D eigenvalue weighted by atomic mass is 16.5. The maximum Gasteiger partial charge on any atom is 0.0469 e. The van der Waals surface area contributed by atoms with Crippen LogP contribution in [0, 0.1) is 11.8 Å². The largest absolute Gasteiger partial charge is 0.381 e. The van der Waals surface area contributed by atoms with E-state index in [4.69, 9.17) is 4.74 Å². The van der Waals surface area contributed by atoms with Gasteiger partial charge in [-0.2, -0.15) is 0 Å². The van der Waals surface area contributed by atoms with Crippen molar-refractivity contribution in [1.82, 2.24) is 10.2 Å². The lowest BCUT2D eigenvalue weighted by molar-refractivity contribution is 0.0436. The minimum atomic E-state index is 0.676. The monoisotopic (exact) mass is 254 g/mol. The molecule has 2 aliphatic rings. The molecule has 2 aliphatic heterocycles. The molecule has 0 bridgehead atoms. The van der Waals surface area contributed by atoms with Crippen LogP contribution in [-0.2, 0) is 4.74 Å². The van der Waals surface area contributed by atoms with E-state index in [9.17, 15) is 0 Å². The normalized spacial score (nSPS) is 27.0. The topological polar surface area (TPSA) is 24.5 Å². The van der Waals surface area contributed by atoms with Gasteiger partial charge in [0.1, 0.15) is 0 Å². The zero-order chi connectivity index (χ0) is 12.8. The minimum Gasteiger partial charge on any atom is -0.381 e. The van der Waals surface area contributed by atoms with Gasteiger partial charge >= 0.3 is 0 Å². The highest BCUT2D eigenvalue weighted by molar-refractivity contribution is 4.77. The molecule has 0 amide bonds. The van der Waals surface area contributed by atoms with Crippen LogP contribution in [0.2, 0.25) is 0 Å². The summed E-state index contributed by atoms with van der Waals surface area (Å²) in [6.45, 7) is 11.6. The summed E-state index contributed by atoms with van der Waals surface area (Å²) in [6, 6.07) is 0.676. The Hall–Kier alpha value is -0.120. The van der Waals surface area contributed by atoms with Gasteiger partial charge in [0.05, 0.1) is 0 Å². The molecule has 2 saturated heterocycles. The molecule has 106 valence electrons. The first-order valence-corrected chi connectivity index (χ1v) is 7.78. The van der Waals surface area contributed by atoms with E-state index >= 15 is 0 Å². The lowest BCUT2D eigenvalue weighted by Crippen LogP contribution is -2.43. The second-order valence-corrected chi connectivity index (χ2v) is 6.32. The summed E-state index contributed by atoms with van der Waals surface area (Å²) in [5, 5.41) is 3.54. The van der Waals surface area contributed by atoms with Crippen LogP contribution in [0.25, 0.3) is 0 Å². The van der Waals surface area contributed by atoms with E-state index in [1.807, 2.05) is 0 Å². The molecule has 2 rings (SSSR count). The third-order valence-electron chi connectivity index (χ3n) is 4.46. The van der Waals surface area contributed by atoms with Crippen LogP contribution in [0.4, 0.5) is 0 Å². The highest BCUT2D eigenvalue weighted by Gasteiger charge is 2.22. The fourth-order valence-corrected chi connectivity index (χ4v) is 3.17. The van der Waals surface area contributed by atoms with Gasteiger partial charge < -0.3 is 15.0 Å². The molecule has 0 radical (unpaired) electrons. The molecule has 0 saturated carbocycles. The number of rotatable bonds is 5. The Morgan fingerprint density at radius 3 is 2.44 bits per heavy atom. The minimum absolute atomic E-state index is 0.676. The standard InChI is InChI=1S/C15H30N2O/c1-13(2)17(11-14-5-8-18-9-6-14)12-15-4-3-7-16-10-15/h13-16H,3-12H2,1-2H3. The number of hydrogen-bond donors (Lipinski definition) is 1. The van der Waals surface area contributed by atoms with Gasteiger partial charge in [0.2, 0.25) is 0 Å². The van der Waals surface area contributed by atoms with Gasteiger partial charge in [0, 0.05) is 32.3 Å². The third-order valence-corrected chi connectivity index (χ3v) is 4.46. The Morgan fingerprint density at radius 2 is 1.83 bits per heavy atom. The smallest absolute Gasteiger partial charge is 0.0469 e. The van der Waals surface area contributed by atoms with Crippen molar-refractivity contribution in [1.29, 1.82) is 0 Å². The first-order valence-electron chi connectivity index (χ1n) is 7.78. The van der Waals surface area contributed by atoms with Gasteiger partial charge in [-0.15, -0.1) is 0 Å². The quantitative estimate of drug-likeness (QED) is 0.813. The van der Waals surface area contributed by atoms with E-state index in [-0.39, 0.29) is 0 Å². The number of nitrogens with zero attached hydrogens (tertiary/aromatic N) is 1. The van der Waals surface area contributed by atoms with Crippen molar-refractivity contribution in [2.24, 2.45) is 11.8 Å². The number of nitrogens with one attached hydrogen (secondary N) is 1. The molecule has 0 aromatic rings. The zero-order valence-corrected chi connectivity index (χ0v) is 12.2. The van der Waals surface area contributed by atoms with Crippen LogP contribution < -0.4 is 5.32 Å². The third kappa shape index (κ3) is 4.52. The van der Waals surface area contributed by atoms with Gasteiger partial charge in [-0.25, -0.2) is 0 Å². The van der Waals surface area contributed by atoms with Gasteiger partial charge in [0.25, 0.3) is 0 Å². The number of ether oxygens (including phenoxy) is 1. The summed E-state index contributed by atoms with van der Waals surface area (Å²) in [5.74, 6) is 1.72. The summed E-state index contributed by atoms with van der Waals surface area (Å²) in [5.41, 5.74) is 0. The molecule has 18 heavy (non-hydrogen) atoms. The van der Waals surface area contributed by atoms with Crippen molar-refractivity contribution in [2.75, 3.05) is 39.4 Å². The Morgan fingerprint density at radius 1 is 1.11 bits per heavy atom. The van der Waals surface area contributed by atoms with Crippen molar-refractivity contribution in [3.63, 3.8) is 0 Å². The molecule has 2 heterocycles. The number of piperidine rings is 1. The fourth-order valence-electron chi connectivity index (χ4n) is 3.17. The molecule has 0 aromatic carbocycles. The summed E-state index contributed by atoms with van der Waals surface area (Å²) >= 11 is 0. The van der Waals surface area contributed by atoms with E-state index in [1.54, 1.807) is 0 Å². The van der Waals surface area contributed by atoms with E-state index in [2.05, 4.69) is 24.1 Å². The SMILES string of the molecule is CC(C)N(CC1CCOCC1)CC1CCCNC1. The van der Waals surface area contributed by atoms with Crippen molar-refractivity contribution in [2.45, 2.75) is 45.6 Å². The van der Waals surface area contributed by atoms with E-state index in [1.165, 1.54) is 51.9 Å². The molecule has 1 N–H and O–H groups in total. The second-order valence-electron chi connectivity index (χ2n) is 6.32. The molecule has 3 heteroatoms. The summed E-state index contributed by atoms with van der Waals surface area (Å²) in [7, 11) is 0. The molecule has 2 fully saturated rings. The first kappa shape index (κ1) is 14.3. The predicted molar refractivity (Wildman–Crippen MR) is 75.8 cm³/mol. The van der Waals surface area contributed by atoms with E-state index in [0.29, 0.717) is 6.04 Å². The van der Waals surface area contributed by atoms with Gasteiger partial charge in [-0.3, -0.25) is 0 Å². The van der Waals surface area contributed by atoms with Crippen molar-refractivity contribution >= 4 is 0 Å². The van der Waals surface area contributed by atoms with Gasteiger partial charge in [-0.05, 0) is 64.5 Å². The molecule has 0 aromatic heterocycles. The Kier molecular flexibility index (Phi) is 5.93. The molecular formula is C15H30N2O. The molecule has 1 atom stereocenters. The Labute approximate surface area is 112 Å².